The van der Waals surface area contributed by atoms with Crippen LogP contribution in [-0.2, 0) is 4.79 Å². The smallest absolute Gasteiger partial charge is 0.369 e. The van der Waals surface area contributed by atoms with E-state index in [4.69, 9.17) is 5.73 Å². The highest BCUT2D eigenvalue weighted by Crippen LogP contribution is 2.40. The standard InChI is InChI=1S/C14H20F3N5O/c1-8-4-11(14(15,16)17)22-13(19-8)5-10(20-22)9-2-3-21(6-9)7-12(18)23/h5,8-9,11,19H,2-4,6-7H2,1H3,(H2,18,23)/t8-,9+,11-/m1/s1. The lowest BCUT2D eigenvalue weighted by atomic mass is 10.0. The summed E-state index contributed by atoms with van der Waals surface area (Å²) in [4.78, 5) is 12.9. The number of rotatable bonds is 3. The van der Waals surface area contributed by atoms with Gasteiger partial charge < -0.3 is 11.1 Å². The molecule has 0 saturated carbocycles. The van der Waals surface area contributed by atoms with E-state index in [-0.39, 0.29) is 24.9 Å². The third-order valence-electron chi connectivity index (χ3n) is 4.47. The zero-order valence-corrected chi connectivity index (χ0v) is 12.8. The zero-order valence-electron chi connectivity index (χ0n) is 12.8. The molecule has 3 heterocycles. The lowest BCUT2D eigenvalue weighted by Gasteiger charge is -2.31. The maximum Gasteiger partial charge on any atom is 0.410 e. The molecule has 1 amide bonds. The number of anilines is 1. The minimum atomic E-state index is -4.32. The number of hydrogen-bond donors (Lipinski definition) is 2. The normalized spacial score (nSPS) is 28.4. The zero-order chi connectivity index (χ0) is 16.8. The summed E-state index contributed by atoms with van der Waals surface area (Å²) in [7, 11) is 0. The van der Waals surface area contributed by atoms with Crippen LogP contribution in [0.2, 0.25) is 0 Å². The van der Waals surface area contributed by atoms with Crippen LogP contribution in [0.5, 0.6) is 0 Å². The molecule has 1 fully saturated rings. The SMILES string of the molecule is C[C@@H]1C[C@H](C(F)(F)F)n2nc([C@H]3CCN(CC(N)=O)C3)cc2N1. The van der Waals surface area contributed by atoms with Gasteiger partial charge in [0.1, 0.15) is 5.82 Å². The molecule has 1 aromatic heterocycles. The van der Waals surface area contributed by atoms with Crippen LogP contribution in [0.3, 0.4) is 0 Å². The largest absolute Gasteiger partial charge is 0.410 e. The van der Waals surface area contributed by atoms with E-state index in [2.05, 4.69) is 10.4 Å². The third-order valence-corrected chi connectivity index (χ3v) is 4.47. The Morgan fingerprint density at radius 3 is 2.91 bits per heavy atom. The van der Waals surface area contributed by atoms with Crippen molar-refractivity contribution in [2.75, 3.05) is 25.0 Å². The summed E-state index contributed by atoms with van der Waals surface area (Å²) in [5.74, 6) is 0.0373. The number of aromatic nitrogens is 2. The van der Waals surface area contributed by atoms with E-state index >= 15 is 0 Å². The maximum absolute atomic E-state index is 13.2. The molecule has 1 aromatic rings. The quantitative estimate of drug-likeness (QED) is 0.879. The van der Waals surface area contributed by atoms with Crippen molar-refractivity contribution in [2.45, 2.75) is 43.9 Å². The Kier molecular flexibility index (Phi) is 3.99. The predicted octanol–water partition coefficient (Wildman–Crippen LogP) is 1.47. The number of amides is 1. The van der Waals surface area contributed by atoms with E-state index in [1.165, 1.54) is 0 Å². The fourth-order valence-electron chi connectivity index (χ4n) is 3.41. The van der Waals surface area contributed by atoms with Gasteiger partial charge in [-0.25, -0.2) is 4.68 Å². The fraction of sp³-hybridized carbons (Fsp3) is 0.714. The summed E-state index contributed by atoms with van der Waals surface area (Å²) >= 11 is 0. The summed E-state index contributed by atoms with van der Waals surface area (Å²) < 4.78 is 40.8. The second kappa shape index (κ2) is 5.70. The molecule has 0 spiro atoms. The molecule has 3 rings (SSSR count). The van der Waals surface area contributed by atoms with Crippen molar-refractivity contribution in [3.05, 3.63) is 11.8 Å². The van der Waals surface area contributed by atoms with Crippen LogP contribution in [-0.4, -0.2) is 52.4 Å². The lowest BCUT2D eigenvalue weighted by Crippen LogP contribution is -2.37. The van der Waals surface area contributed by atoms with Crippen molar-refractivity contribution >= 4 is 11.7 Å². The molecule has 2 aliphatic heterocycles. The number of primary amides is 1. The highest BCUT2D eigenvalue weighted by atomic mass is 19.4. The van der Waals surface area contributed by atoms with Gasteiger partial charge in [-0.2, -0.15) is 18.3 Å². The number of hydrogen-bond acceptors (Lipinski definition) is 4. The first-order chi connectivity index (χ1) is 10.7. The number of halogens is 3. The van der Waals surface area contributed by atoms with E-state index in [0.717, 1.165) is 11.1 Å². The van der Waals surface area contributed by atoms with Crippen LogP contribution in [0, 0.1) is 0 Å². The first kappa shape index (κ1) is 16.1. The number of alkyl halides is 3. The molecule has 3 atom stereocenters. The Morgan fingerprint density at radius 1 is 1.52 bits per heavy atom. The number of nitrogens with zero attached hydrogens (tertiary/aromatic N) is 3. The Balaban J connectivity index is 1.80. The van der Waals surface area contributed by atoms with Gasteiger partial charge in [-0.3, -0.25) is 9.69 Å². The fourth-order valence-corrected chi connectivity index (χ4v) is 3.41. The Morgan fingerprint density at radius 2 is 2.26 bits per heavy atom. The van der Waals surface area contributed by atoms with E-state index in [1.54, 1.807) is 13.0 Å². The summed E-state index contributed by atoms with van der Waals surface area (Å²) in [6, 6.07) is -0.147. The first-order valence-corrected chi connectivity index (χ1v) is 7.67. The van der Waals surface area contributed by atoms with Crippen molar-refractivity contribution in [3.63, 3.8) is 0 Å². The molecule has 128 valence electrons. The van der Waals surface area contributed by atoms with Gasteiger partial charge in [0.15, 0.2) is 6.04 Å². The second-order valence-electron chi connectivity index (χ2n) is 6.42. The molecule has 1 saturated heterocycles. The summed E-state index contributed by atoms with van der Waals surface area (Å²) in [6.45, 7) is 3.19. The van der Waals surface area contributed by atoms with Crippen LogP contribution in [0.4, 0.5) is 19.0 Å². The van der Waals surface area contributed by atoms with Gasteiger partial charge in [0, 0.05) is 24.6 Å². The Hall–Kier alpha value is -1.77. The van der Waals surface area contributed by atoms with Crippen molar-refractivity contribution < 1.29 is 18.0 Å². The average Bonchev–Trinajstić information content (AvgIpc) is 3.01. The molecule has 0 aromatic carbocycles. The molecule has 3 N–H and O–H groups in total. The van der Waals surface area contributed by atoms with Crippen LogP contribution in [0.15, 0.2) is 6.07 Å². The first-order valence-electron chi connectivity index (χ1n) is 7.67. The van der Waals surface area contributed by atoms with E-state index in [1.807, 2.05) is 4.90 Å². The Labute approximate surface area is 131 Å². The van der Waals surface area contributed by atoms with Crippen molar-refractivity contribution in [1.29, 1.82) is 0 Å². The molecule has 6 nitrogen and oxygen atoms in total. The molecule has 0 unspecified atom stereocenters. The predicted molar refractivity (Wildman–Crippen MR) is 78.0 cm³/mol. The van der Waals surface area contributed by atoms with E-state index in [0.29, 0.717) is 24.6 Å². The van der Waals surface area contributed by atoms with E-state index in [9.17, 15) is 18.0 Å². The van der Waals surface area contributed by atoms with Crippen LogP contribution in [0.25, 0.3) is 0 Å². The Bertz CT molecular complexity index is 600. The van der Waals surface area contributed by atoms with Crippen molar-refractivity contribution in [3.8, 4) is 0 Å². The van der Waals surface area contributed by atoms with Gasteiger partial charge in [-0.05, 0) is 26.3 Å². The molecular formula is C14H20F3N5O. The molecule has 2 aliphatic rings. The minimum absolute atomic E-state index is 0.0263. The van der Waals surface area contributed by atoms with Crippen LogP contribution in [0.1, 0.15) is 37.4 Å². The summed E-state index contributed by atoms with van der Waals surface area (Å²) in [6.07, 6.45) is -3.59. The summed E-state index contributed by atoms with van der Waals surface area (Å²) in [5, 5.41) is 7.28. The van der Waals surface area contributed by atoms with Crippen LogP contribution < -0.4 is 11.1 Å². The number of carbonyl (C=O) groups excluding carboxylic acids is 1. The molecule has 23 heavy (non-hydrogen) atoms. The molecule has 0 radical (unpaired) electrons. The van der Waals surface area contributed by atoms with Crippen molar-refractivity contribution in [1.82, 2.24) is 14.7 Å². The van der Waals surface area contributed by atoms with Gasteiger partial charge in [0.05, 0.1) is 12.2 Å². The third kappa shape index (κ3) is 3.29. The number of nitrogens with two attached hydrogens (primary N) is 1. The van der Waals surface area contributed by atoms with Gasteiger partial charge in [0.25, 0.3) is 0 Å². The molecule has 0 bridgehead atoms. The van der Waals surface area contributed by atoms with E-state index < -0.39 is 18.1 Å². The van der Waals surface area contributed by atoms with Gasteiger partial charge >= 0.3 is 6.18 Å². The summed E-state index contributed by atoms with van der Waals surface area (Å²) in [5.41, 5.74) is 5.82. The monoisotopic (exact) mass is 331 g/mol. The van der Waals surface area contributed by atoms with Crippen LogP contribution >= 0.6 is 0 Å². The van der Waals surface area contributed by atoms with Gasteiger partial charge in [0.2, 0.25) is 5.91 Å². The van der Waals surface area contributed by atoms with Gasteiger partial charge in [-0.15, -0.1) is 0 Å². The van der Waals surface area contributed by atoms with Crippen molar-refractivity contribution in [2.24, 2.45) is 5.73 Å². The molecule has 9 heteroatoms. The van der Waals surface area contributed by atoms with Gasteiger partial charge in [-0.1, -0.05) is 0 Å². The second-order valence-corrected chi connectivity index (χ2v) is 6.42. The number of nitrogens with one attached hydrogen (secondary N) is 1. The number of likely N-dealkylation sites (tertiary alicyclic amines) is 1. The lowest BCUT2D eigenvalue weighted by molar-refractivity contribution is -0.173. The number of fused-ring (bicyclic) bond motifs is 1. The highest BCUT2D eigenvalue weighted by molar-refractivity contribution is 5.75. The topological polar surface area (TPSA) is 76.2 Å². The highest BCUT2D eigenvalue weighted by Gasteiger charge is 2.45. The maximum atomic E-state index is 13.2. The number of carbonyl (C=O) groups is 1. The average molecular weight is 331 g/mol. The molecular weight excluding hydrogens is 311 g/mol. The minimum Gasteiger partial charge on any atom is -0.369 e. The molecule has 0 aliphatic carbocycles.